The number of rotatable bonds is 3. The highest BCUT2D eigenvalue weighted by atomic mass is 35.5. The van der Waals surface area contributed by atoms with Crippen LogP contribution >= 0.6 is 23.4 Å². The molecule has 7 heteroatoms. The van der Waals surface area contributed by atoms with Gasteiger partial charge in [0.15, 0.2) is 0 Å². The number of thioether (sulfide) groups is 1. The number of halogens is 1. The van der Waals surface area contributed by atoms with Crippen LogP contribution in [-0.4, -0.2) is 62.8 Å². The first kappa shape index (κ1) is 14.5. The molecule has 0 amide bonds. The molecule has 1 rings (SSSR count). The molecule has 0 aromatic heterocycles. The molecule has 0 radical (unpaired) electrons. The summed E-state index contributed by atoms with van der Waals surface area (Å²) in [5, 5.41) is 28.6. The van der Waals surface area contributed by atoms with Gasteiger partial charge in [-0.2, -0.15) is 0 Å². The summed E-state index contributed by atoms with van der Waals surface area (Å²) in [5.41, 5.74) is 5.18. The van der Waals surface area contributed by atoms with Gasteiger partial charge in [0, 0.05) is 11.4 Å². The first-order valence-electron chi connectivity index (χ1n) is 5.02. The molecule has 1 aliphatic rings. The zero-order chi connectivity index (χ0) is 12.5. The normalized spacial score (nSPS) is 44.1. The van der Waals surface area contributed by atoms with Crippen LogP contribution in [0.1, 0.15) is 6.92 Å². The molecule has 5 nitrogen and oxygen atoms in total. The Hall–Kier alpha value is 0.440. The Balaban J connectivity index is 2.78. The van der Waals surface area contributed by atoms with Crippen LogP contribution in [0.5, 0.6) is 0 Å². The number of alkyl halides is 1. The van der Waals surface area contributed by atoms with E-state index in [4.69, 9.17) is 22.1 Å². The third-order valence-electron chi connectivity index (χ3n) is 2.75. The Morgan fingerprint density at radius 1 is 1.25 bits per heavy atom. The Morgan fingerprint density at radius 3 is 2.25 bits per heavy atom. The summed E-state index contributed by atoms with van der Waals surface area (Å²) < 4.78 is 5.45. The number of nitrogens with two attached hydrogens (primary N) is 1. The summed E-state index contributed by atoms with van der Waals surface area (Å²) in [6.07, 6.45) is -2.65. The first-order chi connectivity index (χ1) is 7.40. The minimum atomic E-state index is -1.27. The summed E-state index contributed by atoms with van der Waals surface area (Å²) in [6, 6.07) is -0.603. The lowest BCUT2D eigenvalue weighted by Gasteiger charge is -2.42. The van der Waals surface area contributed by atoms with E-state index in [1.165, 1.54) is 11.8 Å². The molecule has 0 aromatic carbocycles. The second kappa shape index (κ2) is 5.86. The molecule has 1 fully saturated rings. The second-order valence-electron chi connectivity index (χ2n) is 3.93. The molecule has 7 atom stereocenters. The van der Waals surface area contributed by atoms with Gasteiger partial charge in [-0.3, -0.25) is 0 Å². The molecule has 0 bridgehead atoms. The fraction of sp³-hybridized carbons (Fsp3) is 1.00. The minimum Gasteiger partial charge on any atom is -0.388 e. The summed E-state index contributed by atoms with van der Waals surface area (Å²) in [5.74, 6) is 0. The molecule has 0 aliphatic carbocycles. The van der Waals surface area contributed by atoms with Crippen LogP contribution in [0.4, 0.5) is 0 Å². The minimum absolute atomic E-state index is 0.399. The van der Waals surface area contributed by atoms with Crippen molar-refractivity contribution in [1.29, 1.82) is 0 Å². The topological polar surface area (TPSA) is 95.9 Å². The highest BCUT2D eigenvalue weighted by Gasteiger charge is 2.46. The predicted molar refractivity (Wildman–Crippen MR) is 63.5 cm³/mol. The molecule has 1 aliphatic heterocycles. The molecular weight excluding hydrogens is 254 g/mol. The van der Waals surface area contributed by atoms with Crippen LogP contribution in [0.2, 0.25) is 0 Å². The van der Waals surface area contributed by atoms with Gasteiger partial charge in [0.25, 0.3) is 0 Å². The number of hydrogen-bond acceptors (Lipinski definition) is 6. The van der Waals surface area contributed by atoms with E-state index in [1.54, 1.807) is 13.2 Å². The van der Waals surface area contributed by atoms with Gasteiger partial charge in [-0.25, -0.2) is 0 Å². The van der Waals surface area contributed by atoms with E-state index in [9.17, 15) is 15.3 Å². The number of ether oxygens (including phenoxy) is 1. The van der Waals surface area contributed by atoms with Crippen LogP contribution in [-0.2, 0) is 4.74 Å². The molecule has 16 heavy (non-hydrogen) atoms. The van der Waals surface area contributed by atoms with Gasteiger partial charge in [-0.1, -0.05) is 0 Å². The Kier molecular flexibility index (Phi) is 5.31. The van der Waals surface area contributed by atoms with Crippen molar-refractivity contribution in [3.63, 3.8) is 0 Å². The predicted octanol–water partition coefficient (Wildman–Crippen LogP) is -0.888. The van der Waals surface area contributed by atoms with E-state index >= 15 is 0 Å². The zero-order valence-corrected chi connectivity index (χ0v) is 10.7. The van der Waals surface area contributed by atoms with Crippen molar-refractivity contribution in [3.8, 4) is 0 Å². The van der Waals surface area contributed by atoms with Crippen molar-refractivity contribution in [2.24, 2.45) is 5.73 Å². The maximum atomic E-state index is 9.76. The SMILES string of the molecule is CS[C@H]1O[C@@H]([C@H](N)[C@H](C)Cl)[C@@H](O)[C@H](O)[C@H]1O. The summed E-state index contributed by atoms with van der Waals surface area (Å²) in [7, 11) is 0. The maximum absolute atomic E-state index is 9.76. The number of aliphatic hydroxyl groups is 3. The van der Waals surface area contributed by atoms with Gasteiger partial charge in [-0.05, 0) is 13.2 Å². The van der Waals surface area contributed by atoms with Crippen LogP contribution < -0.4 is 5.73 Å². The van der Waals surface area contributed by atoms with Crippen molar-refractivity contribution >= 4 is 23.4 Å². The Bertz CT molecular complexity index is 232. The van der Waals surface area contributed by atoms with Crippen molar-refractivity contribution in [3.05, 3.63) is 0 Å². The van der Waals surface area contributed by atoms with E-state index in [1.807, 2.05) is 0 Å². The van der Waals surface area contributed by atoms with E-state index in [0.29, 0.717) is 0 Å². The first-order valence-corrected chi connectivity index (χ1v) is 6.74. The smallest absolute Gasteiger partial charge is 0.132 e. The van der Waals surface area contributed by atoms with E-state index in [2.05, 4.69) is 0 Å². The van der Waals surface area contributed by atoms with Crippen molar-refractivity contribution < 1.29 is 20.1 Å². The molecule has 96 valence electrons. The van der Waals surface area contributed by atoms with Gasteiger partial charge in [0.05, 0.1) is 0 Å². The standard InChI is InChI=1S/C9H18ClNO4S/c1-3(10)4(11)8-6(13)5(12)7(14)9(15-8)16-2/h3-9,12-14H,11H2,1-2H3/t3-,4+,5-,6-,7+,8-,9+/m0/s1. The largest absolute Gasteiger partial charge is 0.388 e. The Labute approximate surface area is 104 Å². The van der Waals surface area contributed by atoms with Crippen LogP contribution in [0.25, 0.3) is 0 Å². The second-order valence-corrected chi connectivity index (χ2v) is 5.56. The van der Waals surface area contributed by atoms with Crippen LogP contribution in [0.3, 0.4) is 0 Å². The summed E-state index contributed by atoms with van der Waals surface area (Å²) >= 11 is 7.09. The van der Waals surface area contributed by atoms with Gasteiger partial charge in [-0.15, -0.1) is 23.4 Å². The van der Waals surface area contributed by atoms with Crippen LogP contribution in [0, 0.1) is 0 Å². The third kappa shape index (κ3) is 2.81. The third-order valence-corrected chi connectivity index (χ3v) is 3.89. The van der Waals surface area contributed by atoms with Gasteiger partial charge in [0.1, 0.15) is 29.9 Å². The van der Waals surface area contributed by atoms with Crippen molar-refractivity contribution in [2.45, 2.75) is 48.2 Å². The van der Waals surface area contributed by atoms with Gasteiger partial charge in [0.2, 0.25) is 0 Å². The number of hydrogen-bond donors (Lipinski definition) is 4. The maximum Gasteiger partial charge on any atom is 0.132 e. The monoisotopic (exact) mass is 271 g/mol. The molecule has 5 N–H and O–H groups in total. The van der Waals surface area contributed by atoms with Crippen molar-refractivity contribution in [2.75, 3.05) is 6.26 Å². The average molecular weight is 272 g/mol. The number of aliphatic hydroxyl groups excluding tert-OH is 3. The lowest BCUT2D eigenvalue weighted by atomic mass is 9.94. The van der Waals surface area contributed by atoms with Crippen molar-refractivity contribution in [1.82, 2.24) is 0 Å². The van der Waals surface area contributed by atoms with Gasteiger partial charge < -0.3 is 25.8 Å². The zero-order valence-electron chi connectivity index (χ0n) is 9.15. The molecular formula is C9H18ClNO4S. The molecule has 1 saturated heterocycles. The highest BCUT2D eigenvalue weighted by molar-refractivity contribution is 7.99. The molecule has 1 heterocycles. The van der Waals surface area contributed by atoms with E-state index < -0.39 is 41.3 Å². The average Bonchev–Trinajstić information content (AvgIpc) is 2.25. The molecule has 0 aromatic rings. The lowest BCUT2D eigenvalue weighted by Crippen LogP contribution is -2.62. The summed E-state index contributed by atoms with van der Waals surface area (Å²) in [6.45, 7) is 1.69. The van der Waals surface area contributed by atoms with Gasteiger partial charge >= 0.3 is 0 Å². The lowest BCUT2D eigenvalue weighted by molar-refractivity contribution is -0.202. The Morgan fingerprint density at radius 2 is 1.81 bits per heavy atom. The molecule has 0 saturated carbocycles. The van der Waals surface area contributed by atoms with E-state index in [0.717, 1.165) is 0 Å². The quantitative estimate of drug-likeness (QED) is 0.498. The van der Waals surface area contributed by atoms with Crippen LogP contribution in [0.15, 0.2) is 0 Å². The summed E-state index contributed by atoms with van der Waals surface area (Å²) in [4.78, 5) is 0. The fourth-order valence-electron chi connectivity index (χ4n) is 1.65. The molecule has 0 spiro atoms. The molecule has 0 unspecified atom stereocenters. The highest BCUT2D eigenvalue weighted by Crippen LogP contribution is 2.29. The fourth-order valence-corrected chi connectivity index (χ4v) is 2.47. The van der Waals surface area contributed by atoms with E-state index in [-0.39, 0.29) is 0 Å².